The molecule has 4 aliphatic rings. The summed E-state index contributed by atoms with van der Waals surface area (Å²) in [7, 11) is 3.28. The van der Waals surface area contributed by atoms with E-state index in [1.807, 2.05) is 42.6 Å². The van der Waals surface area contributed by atoms with E-state index in [9.17, 15) is 14.4 Å². The van der Waals surface area contributed by atoms with E-state index in [0.717, 1.165) is 103 Å². The number of piperidine rings is 4. The fourth-order valence-corrected chi connectivity index (χ4v) is 11.1. The number of carbonyl (C=O) groups excluding carboxylic acids is 2. The molecule has 4 fully saturated rings. The SMILES string of the molecule is [C-]#[N+]c1cc(C(C)(C)c2ccc(OCc3ccnc(N4CCC(CN5CCC(C6CCN(c7ccc8c(c7)n(C)c(=O)n8C7CCC(=O)NC7=O)CC6)CC5)CC4)n3)cc2)cc(Cl)c1OC. The number of carbonyl (C=O) groups is 2. The summed E-state index contributed by atoms with van der Waals surface area (Å²) in [6.07, 6.45) is 9.54. The van der Waals surface area contributed by atoms with E-state index >= 15 is 0 Å². The molecule has 14 nitrogen and oxygen atoms in total. The second-order valence-corrected chi connectivity index (χ2v) is 19.6. The van der Waals surface area contributed by atoms with Crippen LogP contribution in [0.3, 0.4) is 0 Å². The molecule has 6 heterocycles. The Morgan fingerprint density at radius 1 is 0.833 bits per heavy atom. The standard InChI is InChI=1S/C51H60ClN9O5/c1-51(2,37-28-41(52)47(65-5)42(29-37)53-3)36-6-9-40(10-7-36)66-32-38-14-21-54-49(55-38)60-24-15-33(16-25-60)31-58-22-17-34(18-23-58)35-19-26-59(27-20-35)39-8-11-43-45(30-39)57(4)50(64)61(43)44-12-13-46(62)56-48(44)63/h6-11,14,21,28-30,33-35,44H,12-13,15-20,22-27,31-32H2,1-2,4-5H3,(H,56,62,63). The van der Waals surface area contributed by atoms with Crippen molar-refractivity contribution in [3.63, 3.8) is 0 Å². The normalized spacial score (nSPS) is 19.5. The Labute approximate surface area is 391 Å². The molecule has 0 bridgehead atoms. The summed E-state index contributed by atoms with van der Waals surface area (Å²) in [6.45, 7) is 19.6. The Bertz CT molecular complexity index is 2680. The quantitative estimate of drug-likeness (QED) is 0.0969. The molecule has 1 atom stereocenters. The molecule has 66 heavy (non-hydrogen) atoms. The number of rotatable bonds is 12. The summed E-state index contributed by atoms with van der Waals surface area (Å²) in [5.41, 5.74) is 5.26. The maximum atomic E-state index is 13.3. The molecular weight excluding hydrogens is 854 g/mol. The maximum absolute atomic E-state index is 13.3. The van der Waals surface area contributed by atoms with Crippen LogP contribution >= 0.6 is 11.6 Å². The van der Waals surface area contributed by atoms with Gasteiger partial charge in [-0.05, 0) is 135 Å². The van der Waals surface area contributed by atoms with Crippen LogP contribution in [0.2, 0.25) is 5.02 Å². The predicted octanol–water partition coefficient (Wildman–Crippen LogP) is 8.07. The minimum absolute atomic E-state index is 0.231. The Kier molecular flexibility index (Phi) is 13.1. The first kappa shape index (κ1) is 45.3. The number of amides is 2. The molecular formula is C51H60ClN9O5. The Morgan fingerprint density at radius 2 is 1.53 bits per heavy atom. The zero-order valence-electron chi connectivity index (χ0n) is 38.5. The number of methoxy groups -OCH3 is 1. The minimum Gasteiger partial charge on any atom is -0.506 e. The lowest BCUT2D eigenvalue weighted by molar-refractivity contribution is -0.135. The van der Waals surface area contributed by atoms with Gasteiger partial charge in [-0.25, -0.2) is 19.6 Å². The average molecular weight is 915 g/mol. The lowest BCUT2D eigenvalue weighted by atomic mass is 9.78. The van der Waals surface area contributed by atoms with Crippen molar-refractivity contribution in [2.75, 3.05) is 62.7 Å². The molecule has 0 aliphatic carbocycles. The molecule has 0 radical (unpaired) electrons. The van der Waals surface area contributed by atoms with Gasteiger partial charge >= 0.3 is 5.69 Å². The Hall–Kier alpha value is -5.91. The number of aromatic nitrogens is 4. The number of ether oxygens (including phenoxy) is 2. The van der Waals surface area contributed by atoms with E-state index in [-0.39, 0.29) is 18.0 Å². The van der Waals surface area contributed by atoms with Crippen molar-refractivity contribution in [2.45, 2.75) is 83.3 Å². The summed E-state index contributed by atoms with van der Waals surface area (Å²) in [5, 5.41) is 2.82. The van der Waals surface area contributed by atoms with Gasteiger partial charge in [0.15, 0.2) is 0 Å². The number of hydrogen-bond donors (Lipinski definition) is 1. The van der Waals surface area contributed by atoms with Gasteiger partial charge in [-0.15, -0.1) is 0 Å². The van der Waals surface area contributed by atoms with Crippen molar-refractivity contribution in [1.29, 1.82) is 0 Å². The molecule has 346 valence electrons. The fraction of sp³-hybridized carbons (Fsp3) is 0.490. The van der Waals surface area contributed by atoms with Gasteiger partial charge in [-0.2, -0.15) is 0 Å². The molecule has 1 N–H and O–H groups in total. The van der Waals surface area contributed by atoms with Crippen molar-refractivity contribution in [2.24, 2.45) is 24.8 Å². The molecule has 2 amide bonds. The number of benzene rings is 3. The van der Waals surface area contributed by atoms with Gasteiger partial charge in [0.1, 0.15) is 24.1 Å². The summed E-state index contributed by atoms with van der Waals surface area (Å²) in [4.78, 5) is 58.3. The number of anilines is 2. The zero-order chi connectivity index (χ0) is 46.1. The number of halogens is 1. The largest absolute Gasteiger partial charge is 0.506 e. The van der Waals surface area contributed by atoms with Crippen molar-refractivity contribution in [3.05, 3.63) is 111 Å². The second-order valence-electron chi connectivity index (χ2n) is 19.2. The van der Waals surface area contributed by atoms with Gasteiger partial charge in [0.2, 0.25) is 23.5 Å². The van der Waals surface area contributed by atoms with Crippen LogP contribution in [0.25, 0.3) is 15.9 Å². The van der Waals surface area contributed by atoms with Crippen LogP contribution < -0.4 is 30.3 Å². The third-order valence-electron chi connectivity index (χ3n) is 14.9. The first-order chi connectivity index (χ1) is 31.9. The topological polar surface area (TPSA) is 131 Å². The van der Waals surface area contributed by atoms with E-state index in [0.29, 0.717) is 35.4 Å². The maximum Gasteiger partial charge on any atom is 0.329 e. The van der Waals surface area contributed by atoms with Gasteiger partial charge in [-0.3, -0.25) is 24.0 Å². The molecule has 1 unspecified atom stereocenters. The van der Waals surface area contributed by atoms with Crippen molar-refractivity contribution >= 4 is 51.8 Å². The smallest absolute Gasteiger partial charge is 0.329 e. The van der Waals surface area contributed by atoms with Crippen molar-refractivity contribution in [3.8, 4) is 11.5 Å². The molecule has 5 aromatic rings. The van der Waals surface area contributed by atoms with Gasteiger partial charge in [-0.1, -0.05) is 37.6 Å². The number of imidazole rings is 1. The van der Waals surface area contributed by atoms with E-state index in [1.54, 1.807) is 16.2 Å². The number of likely N-dealkylation sites (tertiary alicyclic amines) is 1. The highest BCUT2D eigenvalue weighted by Gasteiger charge is 2.34. The van der Waals surface area contributed by atoms with Crippen LogP contribution in [-0.4, -0.2) is 88.7 Å². The summed E-state index contributed by atoms with van der Waals surface area (Å²) < 4.78 is 14.7. The van der Waals surface area contributed by atoms with Crippen LogP contribution in [0.1, 0.15) is 88.1 Å². The first-order valence-electron chi connectivity index (χ1n) is 23.5. The first-order valence-corrected chi connectivity index (χ1v) is 23.9. The van der Waals surface area contributed by atoms with Gasteiger partial charge in [0.25, 0.3) is 0 Å². The van der Waals surface area contributed by atoms with E-state index in [2.05, 4.69) is 68.0 Å². The molecule has 0 spiro atoms. The highest BCUT2D eigenvalue weighted by molar-refractivity contribution is 6.32. The van der Waals surface area contributed by atoms with E-state index < -0.39 is 17.4 Å². The highest BCUT2D eigenvalue weighted by Crippen LogP contribution is 2.42. The van der Waals surface area contributed by atoms with Crippen LogP contribution in [0, 0.1) is 24.3 Å². The second kappa shape index (κ2) is 19.1. The minimum atomic E-state index is -0.675. The van der Waals surface area contributed by atoms with Crippen LogP contribution in [-0.2, 0) is 28.7 Å². The Balaban J connectivity index is 0.708. The lowest BCUT2D eigenvalue weighted by Gasteiger charge is -2.42. The van der Waals surface area contributed by atoms with E-state index in [4.69, 9.17) is 32.6 Å². The summed E-state index contributed by atoms with van der Waals surface area (Å²) in [5.74, 6) is 3.40. The zero-order valence-corrected chi connectivity index (χ0v) is 39.2. The monoisotopic (exact) mass is 913 g/mol. The molecule has 0 saturated carbocycles. The third-order valence-corrected chi connectivity index (χ3v) is 15.2. The molecule has 2 aromatic heterocycles. The third kappa shape index (κ3) is 9.25. The van der Waals surface area contributed by atoms with Gasteiger partial charge in [0, 0.05) is 63.5 Å². The van der Waals surface area contributed by atoms with Crippen molar-refractivity contribution in [1.82, 2.24) is 29.3 Å². The van der Waals surface area contributed by atoms with Gasteiger partial charge < -0.3 is 24.2 Å². The number of nitrogens with one attached hydrogen (secondary N) is 1. The predicted molar refractivity (Wildman–Crippen MR) is 257 cm³/mol. The summed E-state index contributed by atoms with van der Waals surface area (Å²) >= 11 is 6.48. The van der Waals surface area contributed by atoms with E-state index in [1.165, 1.54) is 45.9 Å². The number of fused-ring (bicyclic) bond motifs is 1. The highest BCUT2D eigenvalue weighted by atomic mass is 35.5. The van der Waals surface area contributed by atoms with Crippen LogP contribution in [0.4, 0.5) is 17.3 Å². The van der Waals surface area contributed by atoms with Gasteiger partial charge in [0.05, 0.1) is 35.4 Å². The average Bonchev–Trinajstić information content (AvgIpc) is 3.58. The number of aryl methyl sites for hydroxylation is 1. The number of hydrogen-bond acceptors (Lipinski definition) is 10. The van der Waals surface area contributed by atoms with Crippen LogP contribution in [0.5, 0.6) is 11.5 Å². The number of imide groups is 1. The Morgan fingerprint density at radius 3 is 2.21 bits per heavy atom. The summed E-state index contributed by atoms with van der Waals surface area (Å²) in [6, 6.07) is 19.1. The van der Waals surface area contributed by atoms with Crippen molar-refractivity contribution < 1.29 is 19.1 Å². The fourth-order valence-electron chi connectivity index (χ4n) is 10.8. The molecule has 4 saturated heterocycles. The molecule has 4 aliphatic heterocycles. The van der Waals surface area contributed by atoms with Crippen LogP contribution in [0.15, 0.2) is 71.7 Å². The molecule has 3 aromatic carbocycles. The lowest BCUT2D eigenvalue weighted by Crippen LogP contribution is -2.44. The number of nitrogens with zero attached hydrogens (tertiary/aromatic N) is 8. The molecule has 15 heteroatoms. The molecule has 9 rings (SSSR count).